The maximum absolute atomic E-state index is 11.6. The van der Waals surface area contributed by atoms with E-state index in [1.807, 2.05) is 20.8 Å². The lowest BCUT2D eigenvalue weighted by Crippen LogP contribution is -2.44. The summed E-state index contributed by atoms with van der Waals surface area (Å²) >= 11 is 1.48. The van der Waals surface area contributed by atoms with Crippen molar-refractivity contribution >= 4 is 23.6 Å². The molecule has 1 heterocycles. The lowest BCUT2D eigenvalue weighted by molar-refractivity contribution is -0.138. The number of amides is 1. The summed E-state index contributed by atoms with van der Waals surface area (Å²) in [6.45, 7) is 5.75. The van der Waals surface area contributed by atoms with Crippen LogP contribution in [0.15, 0.2) is 0 Å². The van der Waals surface area contributed by atoms with Gasteiger partial charge in [0.25, 0.3) is 0 Å². The number of carboxylic acid groups (broad SMARTS) is 1. The summed E-state index contributed by atoms with van der Waals surface area (Å²) in [6.07, 6.45) is 0.311. The average molecular weight is 246 g/mol. The molecule has 0 radical (unpaired) electrons. The van der Waals surface area contributed by atoms with Crippen LogP contribution >= 0.6 is 11.8 Å². The lowest BCUT2D eigenvalue weighted by Gasteiger charge is -2.21. The fourth-order valence-corrected chi connectivity index (χ4v) is 2.62. The first-order chi connectivity index (χ1) is 7.28. The quantitative estimate of drug-likeness (QED) is 0.672. The molecule has 0 aromatic rings. The number of carbonyl (C=O) groups excluding carboxylic acids is 1. The van der Waals surface area contributed by atoms with E-state index in [4.69, 9.17) is 5.11 Å². The van der Waals surface area contributed by atoms with E-state index in [9.17, 15) is 9.59 Å². The van der Waals surface area contributed by atoms with Crippen LogP contribution in [0.5, 0.6) is 0 Å². The number of thioether (sulfide) groups is 1. The zero-order chi connectivity index (χ0) is 12.3. The van der Waals surface area contributed by atoms with Crippen molar-refractivity contribution in [3.63, 3.8) is 0 Å². The molecule has 5 nitrogen and oxygen atoms in total. The Kier molecular flexibility index (Phi) is 4.21. The molecule has 2 atom stereocenters. The number of hydrogen-bond donors (Lipinski definition) is 3. The van der Waals surface area contributed by atoms with Crippen LogP contribution in [0.4, 0.5) is 0 Å². The Morgan fingerprint density at radius 2 is 2.12 bits per heavy atom. The molecule has 92 valence electrons. The maximum atomic E-state index is 11.6. The molecule has 1 amide bonds. The third-order valence-corrected chi connectivity index (χ3v) is 3.27. The molecule has 6 heteroatoms. The summed E-state index contributed by atoms with van der Waals surface area (Å²) < 4.78 is 0. The molecule has 1 saturated heterocycles. The summed E-state index contributed by atoms with van der Waals surface area (Å²) in [5, 5.41) is 14.4. The van der Waals surface area contributed by atoms with Gasteiger partial charge in [-0.3, -0.25) is 14.9 Å². The van der Waals surface area contributed by atoms with Gasteiger partial charge in [0.1, 0.15) is 6.04 Å². The van der Waals surface area contributed by atoms with E-state index < -0.39 is 12.0 Å². The van der Waals surface area contributed by atoms with E-state index in [1.165, 1.54) is 11.8 Å². The normalized spacial score (nSPS) is 25.4. The van der Waals surface area contributed by atoms with E-state index >= 15 is 0 Å². The molecule has 1 aliphatic rings. The number of aliphatic carboxylic acids is 1. The number of carboxylic acids is 1. The molecule has 1 fully saturated rings. The van der Waals surface area contributed by atoms with Crippen LogP contribution in [0, 0.1) is 0 Å². The third-order valence-electron chi connectivity index (χ3n) is 2.03. The second-order valence-corrected chi connectivity index (χ2v) is 6.12. The van der Waals surface area contributed by atoms with Crippen molar-refractivity contribution in [2.45, 2.75) is 44.1 Å². The Morgan fingerprint density at radius 1 is 1.50 bits per heavy atom. The van der Waals surface area contributed by atoms with E-state index in [0.29, 0.717) is 12.2 Å². The lowest BCUT2D eigenvalue weighted by atomic mass is 10.1. The molecule has 0 aromatic heterocycles. The summed E-state index contributed by atoms with van der Waals surface area (Å²) in [4.78, 5) is 22.3. The SMILES string of the molecule is CC(C)(C)NC(=O)CC1NC(C(=O)O)CS1. The third kappa shape index (κ3) is 4.40. The van der Waals surface area contributed by atoms with Crippen molar-refractivity contribution in [1.82, 2.24) is 10.6 Å². The molecular weight excluding hydrogens is 228 g/mol. The topological polar surface area (TPSA) is 78.4 Å². The van der Waals surface area contributed by atoms with Gasteiger partial charge in [0.2, 0.25) is 5.91 Å². The van der Waals surface area contributed by atoms with Crippen LogP contribution < -0.4 is 10.6 Å². The highest BCUT2D eigenvalue weighted by molar-refractivity contribution is 8.00. The minimum atomic E-state index is -0.855. The Hall–Kier alpha value is -0.750. The van der Waals surface area contributed by atoms with Gasteiger partial charge in [-0.25, -0.2) is 0 Å². The first kappa shape index (κ1) is 13.3. The minimum Gasteiger partial charge on any atom is -0.480 e. The molecule has 0 spiro atoms. The van der Waals surface area contributed by atoms with Crippen molar-refractivity contribution < 1.29 is 14.7 Å². The second-order valence-electron chi connectivity index (χ2n) is 4.88. The number of nitrogens with one attached hydrogen (secondary N) is 2. The Bertz CT molecular complexity index is 288. The smallest absolute Gasteiger partial charge is 0.321 e. The second kappa shape index (κ2) is 5.05. The Balaban J connectivity index is 2.34. The van der Waals surface area contributed by atoms with E-state index in [2.05, 4.69) is 10.6 Å². The van der Waals surface area contributed by atoms with Gasteiger partial charge in [0.05, 0.1) is 11.8 Å². The van der Waals surface area contributed by atoms with Gasteiger partial charge in [-0.15, -0.1) is 11.8 Å². The fourth-order valence-electron chi connectivity index (χ4n) is 1.43. The molecule has 0 bridgehead atoms. The molecule has 0 saturated carbocycles. The monoisotopic (exact) mass is 246 g/mol. The molecule has 1 aliphatic heterocycles. The standard InChI is InChI=1S/C10H18N2O3S/c1-10(2,3)12-7(13)4-8-11-6(5-16-8)9(14)15/h6,8,11H,4-5H2,1-3H3,(H,12,13)(H,14,15). The van der Waals surface area contributed by atoms with Crippen LogP contribution in [0.1, 0.15) is 27.2 Å². The largest absolute Gasteiger partial charge is 0.480 e. The van der Waals surface area contributed by atoms with Crippen LogP contribution in [-0.2, 0) is 9.59 Å². The van der Waals surface area contributed by atoms with Crippen molar-refractivity contribution in [1.29, 1.82) is 0 Å². The van der Waals surface area contributed by atoms with Crippen molar-refractivity contribution in [2.24, 2.45) is 0 Å². The van der Waals surface area contributed by atoms with Crippen LogP contribution in [0.3, 0.4) is 0 Å². The van der Waals surface area contributed by atoms with Gasteiger partial charge in [0, 0.05) is 11.3 Å². The predicted octanol–water partition coefficient (Wildman–Crippen LogP) is 0.407. The molecule has 3 N–H and O–H groups in total. The fraction of sp³-hybridized carbons (Fsp3) is 0.800. The summed E-state index contributed by atoms with van der Waals surface area (Å²) in [6, 6.07) is -0.530. The molecule has 0 aliphatic carbocycles. The maximum Gasteiger partial charge on any atom is 0.321 e. The van der Waals surface area contributed by atoms with Crippen LogP contribution in [-0.4, -0.2) is 39.7 Å². The predicted molar refractivity (Wildman–Crippen MR) is 63.3 cm³/mol. The highest BCUT2D eigenvalue weighted by atomic mass is 32.2. The summed E-state index contributed by atoms with van der Waals surface area (Å²) in [5.74, 6) is -0.391. The van der Waals surface area contributed by atoms with E-state index in [-0.39, 0.29) is 16.8 Å². The zero-order valence-corrected chi connectivity index (χ0v) is 10.6. The van der Waals surface area contributed by atoms with Crippen LogP contribution in [0.25, 0.3) is 0 Å². The minimum absolute atomic E-state index is 0.0523. The first-order valence-corrected chi connectivity index (χ1v) is 6.24. The zero-order valence-electron chi connectivity index (χ0n) is 9.74. The first-order valence-electron chi connectivity index (χ1n) is 5.19. The van der Waals surface area contributed by atoms with Gasteiger partial charge in [-0.05, 0) is 20.8 Å². The number of rotatable bonds is 3. The molecule has 0 aromatic carbocycles. The number of hydrogen-bond acceptors (Lipinski definition) is 4. The number of carbonyl (C=O) groups is 2. The van der Waals surface area contributed by atoms with Crippen molar-refractivity contribution in [3.05, 3.63) is 0 Å². The highest BCUT2D eigenvalue weighted by Gasteiger charge is 2.31. The molecule has 1 rings (SSSR count). The van der Waals surface area contributed by atoms with Crippen molar-refractivity contribution in [3.8, 4) is 0 Å². The Labute approximate surface area is 99.4 Å². The molecule has 16 heavy (non-hydrogen) atoms. The van der Waals surface area contributed by atoms with Gasteiger partial charge in [-0.1, -0.05) is 0 Å². The van der Waals surface area contributed by atoms with E-state index in [0.717, 1.165) is 0 Å². The Morgan fingerprint density at radius 3 is 2.56 bits per heavy atom. The van der Waals surface area contributed by atoms with Gasteiger partial charge in [0.15, 0.2) is 0 Å². The van der Waals surface area contributed by atoms with Crippen LogP contribution in [0.2, 0.25) is 0 Å². The highest BCUT2D eigenvalue weighted by Crippen LogP contribution is 2.21. The van der Waals surface area contributed by atoms with Gasteiger partial charge < -0.3 is 10.4 Å². The summed E-state index contributed by atoms with van der Waals surface area (Å²) in [7, 11) is 0. The van der Waals surface area contributed by atoms with Crippen molar-refractivity contribution in [2.75, 3.05) is 5.75 Å². The average Bonchev–Trinajstić information content (AvgIpc) is 2.48. The summed E-state index contributed by atoms with van der Waals surface area (Å²) in [5.41, 5.74) is -0.243. The molecular formula is C10H18N2O3S. The molecule has 2 unspecified atom stereocenters. The van der Waals surface area contributed by atoms with Gasteiger partial charge in [-0.2, -0.15) is 0 Å². The van der Waals surface area contributed by atoms with E-state index in [1.54, 1.807) is 0 Å². The van der Waals surface area contributed by atoms with Gasteiger partial charge >= 0.3 is 5.97 Å².